The van der Waals surface area contributed by atoms with Crippen molar-refractivity contribution in [1.29, 1.82) is 5.26 Å². The smallest absolute Gasteiger partial charge is 0.261 e. The van der Waals surface area contributed by atoms with E-state index in [0.717, 1.165) is 0 Å². The van der Waals surface area contributed by atoms with Crippen LogP contribution in [0, 0.1) is 11.3 Å². The number of phenols is 1. The predicted octanol–water partition coefficient (Wildman–Crippen LogP) is 3.46. The van der Waals surface area contributed by atoms with Crippen LogP contribution in [0.2, 0.25) is 0 Å². The Balaban J connectivity index is 1.74. The van der Waals surface area contributed by atoms with Crippen molar-refractivity contribution >= 4 is 5.91 Å². The highest BCUT2D eigenvalue weighted by Gasteiger charge is 2.18. The third-order valence-electron chi connectivity index (χ3n) is 3.99. The lowest BCUT2D eigenvalue weighted by molar-refractivity contribution is -0.134. The summed E-state index contributed by atoms with van der Waals surface area (Å²) < 4.78 is 10.9. The Morgan fingerprint density at radius 1 is 1.07 bits per heavy atom. The van der Waals surface area contributed by atoms with Gasteiger partial charge in [0.1, 0.15) is 23.3 Å². The summed E-state index contributed by atoms with van der Waals surface area (Å²) >= 11 is 0. The quantitative estimate of drug-likeness (QED) is 0.695. The van der Waals surface area contributed by atoms with Crippen molar-refractivity contribution in [3.8, 4) is 17.6 Å². The molecule has 3 aromatic rings. The van der Waals surface area contributed by atoms with E-state index in [9.17, 15) is 9.90 Å². The first-order valence-corrected chi connectivity index (χ1v) is 8.36. The second kappa shape index (κ2) is 8.59. The molecule has 136 valence electrons. The number of amides is 1. The maximum Gasteiger partial charge on any atom is 0.261 e. The van der Waals surface area contributed by atoms with Gasteiger partial charge < -0.3 is 19.2 Å². The Labute approximate surface area is 156 Å². The molecule has 1 amide bonds. The molecule has 0 aliphatic rings. The second-order valence-electron chi connectivity index (χ2n) is 5.85. The van der Waals surface area contributed by atoms with Crippen LogP contribution in [0.4, 0.5) is 0 Å². The van der Waals surface area contributed by atoms with Gasteiger partial charge in [-0.1, -0.05) is 30.3 Å². The van der Waals surface area contributed by atoms with E-state index in [1.807, 2.05) is 6.07 Å². The number of benzene rings is 2. The topological polar surface area (TPSA) is 86.7 Å². The zero-order valence-electron chi connectivity index (χ0n) is 14.5. The van der Waals surface area contributed by atoms with E-state index < -0.39 is 0 Å². The molecule has 0 fully saturated rings. The Kier molecular flexibility index (Phi) is 5.75. The fraction of sp³-hybridized carbons (Fsp3) is 0.143. The molecule has 1 N–H and O–H groups in total. The van der Waals surface area contributed by atoms with Crippen LogP contribution >= 0.6 is 0 Å². The normalized spacial score (nSPS) is 10.2. The van der Waals surface area contributed by atoms with Gasteiger partial charge in [0, 0.05) is 12.1 Å². The van der Waals surface area contributed by atoms with Crippen LogP contribution in [0.5, 0.6) is 11.5 Å². The number of carbonyl (C=O) groups is 1. The molecule has 2 aromatic carbocycles. The lowest BCUT2D eigenvalue weighted by Gasteiger charge is -2.22. The van der Waals surface area contributed by atoms with Gasteiger partial charge in [-0.25, -0.2) is 0 Å². The van der Waals surface area contributed by atoms with Crippen LogP contribution in [-0.2, 0) is 17.9 Å². The molecule has 6 heteroatoms. The van der Waals surface area contributed by atoms with Gasteiger partial charge in [-0.05, 0) is 30.3 Å². The Hall–Kier alpha value is -3.72. The third kappa shape index (κ3) is 4.67. The molecule has 0 radical (unpaired) electrons. The molecule has 0 atom stereocenters. The minimum absolute atomic E-state index is 0.116. The average molecular weight is 362 g/mol. The molecule has 0 aliphatic carbocycles. The molecule has 3 rings (SSSR count). The molecule has 0 saturated carbocycles. The van der Waals surface area contributed by atoms with Gasteiger partial charge in [-0.3, -0.25) is 4.79 Å². The van der Waals surface area contributed by atoms with Crippen molar-refractivity contribution in [2.24, 2.45) is 0 Å². The first kappa shape index (κ1) is 18.1. The summed E-state index contributed by atoms with van der Waals surface area (Å²) in [4.78, 5) is 14.3. The number of rotatable bonds is 7. The van der Waals surface area contributed by atoms with Crippen LogP contribution in [0.25, 0.3) is 0 Å². The van der Waals surface area contributed by atoms with E-state index in [1.165, 1.54) is 11.2 Å². The Bertz CT molecular complexity index is 945. The molecule has 0 bridgehead atoms. The van der Waals surface area contributed by atoms with Gasteiger partial charge in [0.15, 0.2) is 6.61 Å². The zero-order chi connectivity index (χ0) is 19.1. The molecule has 0 aliphatic heterocycles. The number of hydrogen-bond acceptors (Lipinski definition) is 5. The molecule has 0 saturated heterocycles. The SMILES string of the molecule is N#Cc1ccccc1OCC(=O)N(Cc1ccco1)Cc1ccccc1O. The largest absolute Gasteiger partial charge is 0.508 e. The van der Waals surface area contributed by atoms with E-state index in [0.29, 0.717) is 22.6 Å². The minimum Gasteiger partial charge on any atom is -0.508 e. The zero-order valence-corrected chi connectivity index (χ0v) is 14.5. The first-order valence-electron chi connectivity index (χ1n) is 8.36. The number of nitrogens with zero attached hydrogens (tertiary/aromatic N) is 2. The van der Waals surface area contributed by atoms with Gasteiger partial charge in [-0.2, -0.15) is 5.26 Å². The second-order valence-corrected chi connectivity index (χ2v) is 5.85. The molecule has 6 nitrogen and oxygen atoms in total. The van der Waals surface area contributed by atoms with E-state index in [2.05, 4.69) is 0 Å². The molecule has 0 spiro atoms. The van der Waals surface area contributed by atoms with Crippen LogP contribution in [0.1, 0.15) is 16.9 Å². The lowest BCUT2D eigenvalue weighted by atomic mass is 10.2. The van der Waals surface area contributed by atoms with Gasteiger partial charge in [0.25, 0.3) is 5.91 Å². The fourth-order valence-electron chi connectivity index (χ4n) is 2.59. The summed E-state index contributed by atoms with van der Waals surface area (Å²) in [6.45, 7) is 0.214. The molecule has 0 unspecified atom stereocenters. The Morgan fingerprint density at radius 3 is 2.59 bits per heavy atom. The number of hydrogen-bond donors (Lipinski definition) is 1. The highest BCUT2D eigenvalue weighted by Crippen LogP contribution is 2.20. The van der Waals surface area contributed by atoms with Crippen molar-refractivity contribution in [2.45, 2.75) is 13.1 Å². The number of furan rings is 1. The predicted molar refractivity (Wildman–Crippen MR) is 97.7 cm³/mol. The van der Waals surface area contributed by atoms with E-state index in [1.54, 1.807) is 60.7 Å². The summed E-state index contributed by atoms with van der Waals surface area (Å²) in [6, 6.07) is 19.1. The minimum atomic E-state index is -0.289. The van der Waals surface area contributed by atoms with E-state index >= 15 is 0 Å². The first-order chi connectivity index (χ1) is 13.2. The van der Waals surface area contributed by atoms with Crippen molar-refractivity contribution in [3.05, 3.63) is 83.8 Å². The summed E-state index contributed by atoms with van der Waals surface area (Å²) in [7, 11) is 0. The van der Waals surface area contributed by atoms with Crippen molar-refractivity contribution in [3.63, 3.8) is 0 Å². The van der Waals surface area contributed by atoms with Crippen LogP contribution in [0.15, 0.2) is 71.3 Å². The van der Waals surface area contributed by atoms with Crippen LogP contribution in [-0.4, -0.2) is 22.5 Å². The molecule has 1 aromatic heterocycles. The number of ether oxygens (including phenoxy) is 1. The van der Waals surface area contributed by atoms with E-state index in [-0.39, 0.29) is 31.4 Å². The summed E-state index contributed by atoms with van der Waals surface area (Å²) in [6.07, 6.45) is 1.54. The number of para-hydroxylation sites is 2. The maximum atomic E-state index is 12.8. The van der Waals surface area contributed by atoms with Gasteiger partial charge in [0.05, 0.1) is 18.4 Å². The van der Waals surface area contributed by atoms with Gasteiger partial charge in [0.2, 0.25) is 0 Å². The highest BCUT2D eigenvalue weighted by atomic mass is 16.5. The summed E-state index contributed by atoms with van der Waals surface area (Å²) in [5, 5.41) is 19.1. The number of aromatic hydroxyl groups is 1. The monoisotopic (exact) mass is 362 g/mol. The van der Waals surface area contributed by atoms with Crippen LogP contribution < -0.4 is 4.74 Å². The maximum absolute atomic E-state index is 12.8. The molecule has 1 heterocycles. The highest BCUT2D eigenvalue weighted by molar-refractivity contribution is 5.78. The lowest BCUT2D eigenvalue weighted by Crippen LogP contribution is -2.34. The third-order valence-corrected chi connectivity index (χ3v) is 3.99. The van der Waals surface area contributed by atoms with Crippen LogP contribution in [0.3, 0.4) is 0 Å². The van der Waals surface area contributed by atoms with Crippen molar-refractivity contribution in [2.75, 3.05) is 6.61 Å². The number of phenolic OH excluding ortho intramolecular Hbond substituents is 1. The molecular weight excluding hydrogens is 344 g/mol. The molecular formula is C21H18N2O4. The van der Waals surface area contributed by atoms with Gasteiger partial charge >= 0.3 is 0 Å². The van der Waals surface area contributed by atoms with Gasteiger partial charge in [-0.15, -0.1) is 0 Å². The van der Waals surface area contributed by atoms with Crippen molar-refractivity contribution in [1.82, 2.24) is 4.90 Å². The Morgan fingerprint density at radius 2 is 1.85 bits per heavy atom. The van der Waals surface area contributed by atoms with Crippen molar-refractivity contribution < 1.29 is 19.1 Å². The number of nitriles is 1. The van der Waals surface area contributed by atoms with E-state index in [4.69, 9.17) is 14.4 Å². The summed E-state index contributed by atoms with van der Waals surface area (Å²) in [5.41, 5.74) is 0.985. The number of carbonyl (C=O) groups excluding carboxylic acids is 1. The average Bonchev–Trinajstić information content (AvgIpc) is 3.20. The fourth-order valence-corrected chi connectivity index (χ4v) is 2.59. The molecule has 27 heavy (non-hydrogen) atoms. The summed E-state index contributed by atoms with van der Waals surface area (Å²) in [5.74, 6) is 0.804. The standard InChI is InChI=1S/C21H18N2O4/c22-12-16-6-2-4-10-20(16)27-15-21(25)23(14-18-8-5-11-26-18)13-17-7-1-3-9-19(17)24/h1-11,24H,13-15H2.